The molecule has 3 atom stereocenters. The maximum absolute atomic E-state index is 11.1. The molecule has 69 heavy (non-hydrogen) atoms. The maximum Gasteiger partial charge on any atom is 1.00 e. The van der Waals surface area contributed by atoms with Crippen LogP contribution in [0.5, 0.6) is 0 Å². The molecule has 0 aliphatic heterocycles. The van der Waals surface area contributed by atoms with Crippen molar-refractivity contribution in [3.8, 4) is 108 Å². The van der Waals surface area contributed by atoms with Crippen LogP contribution in [-0.4, -0.2) is 45.0 Å². The van der Waals surface area contributed by atoms with E-state index in [1.807, 2.05) is 6.92 Å². The summed E-state index contributed by atoms with van der Waals surface area (Å²) in [5.41, 5.74) is 2.18. The molecule has 0 saturated heterocycles. The van der Waals surface area contributed by atoms with E-state index in [0.717, 1.165) is 37.0 Å². The number of hydrogen-bond donors (Lipinski definition) is 0. The molecule has 0 aliphatic rings. The molecule has 0 bridgehead atoms. The molecule has 0 rings (SSSR count). The Kier molecular flexibility index (Phi) is 86.9. The minimum Gasteiger partial charge on any atom is -0.865 e. The van der Waals surface area contributed by atoms with Gasteiger partial charge in [0.25, 0.3) is 0 Å². The van der Waals surface area contributed by atoms with E-state index in [9.17, 15) is 17.8 Å². The Labute approximate surface area is 522 Å². The third-order valence-electron chi connectivity index (χ3n) is 9.94. The van der Waals surface area contributed by atoms with Gasteiger partial charge in [0.05, 0.1) is 6.61 Å². The van der Waals surface area contributed by atoms with E-state index in [1.165, 1.54) is 122 Å². The summed E-state index contributed by atoms with van der Waals surface area (Å²) in [5.74, 6) is 41.1. The zero-order chi connectivity index (χ0) is 49.5. The fraction of sp³-hybridized carbons (Fsp3) is 0.632. The fourth-order valence-corrected chi connectivity index (χ4v) is 7.39. The van der Waals surface area contributed by atoms with Gasteiger partial charge in [-0.25, -0.2) is 8.42 Å². The van der Waals surface area contributed by atoms with E-state index < -0.39 is 19.9 Å². The minimum atomic E-state index is -4.53. The zero-order valence-electron chi connectivity index (χ0n) is 44.7. The Balaban J connectivity index is -0.0000000266. The predicted octanol–water partition coefficient (Wildman–Crippen LogP) is 4.72. The first-order chi connectivity index (χ1) is 31.3. The van der Waals surface area contributed by atoms with Gasteiger partial charge in [0.2, 0.25) is 10.4 Å². The van der Waals surface area contributed by atoms with Crippen LogP contribution in [0.2, 0.25) is 0 Å². The van der Waals surface area contributed by atoms with Crippen LogP contribution in [0, 0.1) is 131 Å². The molecule has 6 nitrogen and oxygen atoms in total. The minimum absolute atomic E-state index is 0. The Morgan fingerprint density at radius 2 is 0.884 bits per heavy atom. The van der Waals surface area contributed by atoms with Crippen LogP contribution in [0.4, 0.5) is 0 Å². The van der Waals surface area contributed by atoms with Crippen molar-refractivity contribution in [3.63, 3.8) is 0 Å². The van der Waals surface area contributed by atoms with Crippen molar-refractivity contribution in [1.82, 2.24) is 0 Å². The molecular formula is C57H118Na3O6SSi2+. The van der Waals surface area contributed by atoms with Gasteiger partial charge in [-0.2, -0.15) is 0 Å². The van der Waals surface area contributed by atoms with Crippen molar-refractivity contribution in [1.29, 1.82) is 0 Å². The fourth-order valence-electron chi connectivity index (χ4n) is 6.14. The van der Waals surface area contributed by atoms with Crippen LogP contribution in [0.3, 0.4) is 0 Å². The van der Waals surface area contributed by atoms with Crippen molar-refractivity contribution in [2.24, 2.45) is 23.7 Å². The summed E-state index contributed by atoms with van der Waals surface area (Å²) in [6.45, 7) is 15.7. The van der Waals surface area contributed by atoms with E-state index in [0.29, 0.717) is 17.7 Å². The molecule has 3 unspecified atom stereocenters. The predicted molar refractivity (Wildman–Crippen MR) is 321 cm³/mol. The second kappa shape index (κ2) is 71.0. The number of rotatable bonds is 31. The number of terminal acetylenes is 2. The normalized spacial score (nSPS) is 10.4. The average molecular weight is 1060 g/mol. The van der Waals surface area contributed by atoms with E-state index in [-0.39, 0.29) is 136 Å². The SMILES string of the molecule is C.C#CC#CC#CC#CC#CC#CC#CC#CC#C.CC(C)CCCC(C)CCCC(C)CCCC(C)CCOS(=O)(=O)[O-].CCCCCCCCCCCCCC=C[SiH2]C(=O)CC.[HH].[HH].[HH].[HH].[HH].[HH].[HH].[HH].[HH].[HH].[HH].[HH].[HH].[HH].[HH].[HH].[Na+].[Na+].[Na+].[O-][SiH3]. The monoisotopic (exact) mass is 1060 g/mol. The quantitative estimate of drug-likeness (QED) is 0.0328. The average Bonchev–Trinajstić information content (AvgIpc) is 3.27. The number of allylic oxidation sites excluding steroid dienone is 1. The molecule has 0 radical (unpaired) electrons. The molecule has 0 aromatic rings. The summed E-state index contributed by atoms with van der Waals surface area (Å²) in [7, 11) is -5.02. The van der Waals surface area contributed by atoms with Crippen LogP contribution < -0.4 is 93.5 Å². The summed E-state index contributed by atoms with van der Waals surface area (Å²) >= 11 is 0. The first-order valence-electron chi connectivity index (χ1n) is 23.9. The zero-order valence-corrected chi connectivity index (χ0v) is 54.9. The molecule has 0 fully saturated rings. The largest absolute Gasteiger partial charge is 1.00 e. The van der Waals surface area contributed by atoms with Gasteiger partial charge in [0.1, 0.15) is 14.9 Å². The van der Waals surface area contributed by atoms with Gasteiger partial charge in [-0.3, -0.25) is 4.18 Å². The topological polar surface area (TPSA) is 107 Å². The van der Waals surface area contributed by atoms with Crippen molar-refractivity contribution >= 4 is 35.8 Å². The number of carbonyl (C=O) groups excluding carboxylic acids is 1. The van der Waals surface area contributed by atoms with Gasteiger partial charge in [0, 0.05) is 22.8 Å². The van der Waals surface area contributed by atoms with Gasteiger partial charge >= 0.3 is 88.7 Å². The second-order valence-corrected chi connectivity index (χ2v) is 19.2. The van der Waals surface area contributed by atoms with Crippen LogP contribution >= 0.6 is 0 Å². The van der Waals surface area contributed by atoms with Crippen LogP contribution in [0.25, 0.3) is 0 Å². The first kappa shape index (κ1) is 84.5. The van der Waals surface area contributed by atoms with Crippen molar-refractivity contribution in [3.05, 3.63) is 11.8 Å². The molecular weight excluding hydrogens is 938 g/mol. The van der Waals surface area contributed by atoms with Gasteiger partial charge in [-0.15, -0.1) is 12.8 Å². The molecule has 12 heteroatoms. The third-order valence-corrected chi connectivity index (χ3v) is 11.9. The van der Waals surface area contributed by atoms with Crippen molar-refractivity contribution < 1.29 is 138 Å². The third kappa shape index (κ3) is 86.9. The Morgan fingerprint density at radius 3 is 1.20 bits per heavy atom. The smallest absolute Gasteiger partial charge is 0.865 e. The summed E-state index contributed by atoms with van der Waals surface area (Å²) in [6.07, 6.45) is 41.5. The van der Waals surface area contributed by atoms with Gasteiger partial charge in [-0.05, 0) is 144 Å². The molecule has 0 amide bonds. The second-order valence-electron chi connectivity index (χ2n) is 16.5. The number of unbranched alkanes of at least 4 members (excludes halogenated alkanes) is 11. The van der Waals surface area contributed by atoms with Gasteiger partial charge < -0.3 is 14.1 Å². The Morgan fingerprint density at radius 1 is 0.565 bits per heavy atom. The van der Waals surface area contributed by atoms with E-state index in [2.05, 4.69) is 152 Å². The summed E-state index contributed by atoms with van der Waals surface area (Å²) in [5, 5.41) is 0.486. The first-order valence-corrected chi connectivity index (χ1v) is 27.6. The van der Waals surface area contributed by atoms with E-state index >= 15 is 0 Å². The molecule has 0 spiro atoms. The molecule has 0 aromatic carbocycles. The Hall–Kier alpha value is -1.29. The summed E-state index contributed by atoms with van der Waals surface area (Å²) < 4.78 is 35.4. The molecule has 0 saturated carbocycles. The number of carbonyl (C=O) groups is 1. The summed E-state index contributed by atoms with van der Waals surface area (Å²) in [6, 6.07) is 0. The summed E-state index contributed by atoms with van der Waals surface area (Å²) in [4.78, 5) is 19.5. The van der Waals surface area contributed by atoms with Crippen molar-refractivity contribution in [2.45, 2.75) is 204 Å². The molecule has 0 N–H and O–H groups in total. The van der Waals surface area contributed by atoms with Crippen LogP contribution in [0.15, 0.2) is 11.8 Å². The standard InChI is InChI=1S/C20H42O4S.C18H36OSi.C18H2.CH4.3Na.H3OSi.16H2/c1-17(2)9-6-10-18(3)11-7-12-19(4)13-8-14-20(5)15-16-24-25(21,22)23;1-3-5-6-7-8-9-10-11-12-13-14-15-16-17-20-18(19)4-2;1-3-5-7-9-11-13-15-17-18-16-14-12-10-8-6-4-2;;;;;1-2;;;;;;;;;;;;;;;;/h17-20H,6-16H2,1-5H3,(H,21,22,23);16-17H,3-15,20H2,1-2H3;1-2H;1H4;;;;2H3;16*1H/q;;;;3*+1;-1;;;;;;;;;;;;;;;;/p-1. The molecule has 0 aliphatic carbocycles. The Bertz CT molecular complexity index is 1880. The van der Waals surface area contributed by atoms with Gasteiger partial charge in [-0.1, -0.05) is 200 Å². The van der Waals surface area contributed by atoms with Gasteiger partial charge in [0.15, 0.2) is 0 Å². The number of hydrogen-bond acceptors (Lipinski definition) is 6. The van der Waals surface area contributed by atoms with Crippen LogP contribution in [-0.2, 0) is 19.4 Å². The van der Waals surface area contributed by atoms with E-state index in [1.54, 1.807) is 0 Å². The molecule has 0 heterocycles. The molecule has 398 valence electrons. The van der Waals surface area contributed by atoms with Crippen LogP contribution in [0.1, 0.15) is 226 Å². The molecule has 0 aromatic heterocycles. The van der Waals surface area contributed by atoms with Crippen molar-refractivity contribution in [2.75, 3.05) is 6.61 Å². The maximum atomic E-state index is 11.1. The van der Waals surface area contributed by atoms with E-state index in [4.69, 9.17) is 17.6 Å².